The Kier molecular flexibility index (Phi) is 4.71. The van der Waals surface area contributed by atoms with E-state index in [-0.39, 0.29) is 11.2 Å². The molecule has 0 aliphatic rings. The normalized spacial score (nSPS) is 11.7. The lowest BCUT2D eigenvalue weighted by Gasteiger charge is -2.11. The van der Waals surface area contributed by atoms with E-state index in [1.807, 2.05) is 6.92 Å². The first-order chi connectivity index (χ1) is 9.60. The molecule has 0 saturated heterocycles. The largest absolute Gasteiger partial charge is 0.324 e. The molecule has 1 heterocycles. The summed E-state index contributed by atoms with van der Waals surface area (Å²) in [5, 5.41) is 11.4. The lowest BCUT2D eigenvalue weighted by Crippen LogP contribution is -2.22. The number of amides is 1. The summed E-state index contributed by atoms with van der Waals surface area (Å²) >= 11 is 2.63. The highest BCUT2D eigenvalue weighted by molar-refractivity contribution is 8.02. The van der Waals surface area contributed by atoms with Gasteiger partial charge in [0.15, 0.2) is 4.34 Å². The zero-order valence-corrected chi connectivity index (χ0v) is 12.6. The fraction of sp³-hybridized carbons (Fsp3) is 0.231. The summed E-state index contributed by atoms with van der Waals surface area (Å²) in [4.78, 5) is 16.3. The van der Waals surface area contributed by atoms with Gasteiger partial charge >= 0.3 is 0 Å². The number of hydrogen-bond acceptors (Lipinski definition) is 6. The number of carbonyl (C=O) groups excluding carboxylic acids is 1. The third-order valence-corrected chi connectivity index (χ3v) is 4.44. The van der Waals surface area contributed by atoms with Gasteiger partial charge in [0.1, 0.15) is 11.9 Å². The quantitative estimate of drug-likeness (QED) is 0.879. The molecule has 1 unspecified atom stereocenters. The molecule has 1 aromatic carbocycles. The van der Waals surface area contributed by atoms with E-state index < -0.39 is 0 Å². The standard InChI is InChI=1S/C13H12N4OS2/c1-8(19-13-15-9(2)17-20-13)12(18)16-11-6-4-3-5-10(11)7-14/h3-6,8H,1-2H3,(H,16,18). The molecule has 0 spiro atoms. The molecule has 0 fully saturated rings. The van der Waals surface area contributed by atoms with Crippen LogP contribution in [0.3, 0.4) is 0 Å². The summed E-state index contributed by atoms with van der Waals surface area (Å²) in [6.07, 6.45) is 0. The summed E-state index contributed by atoms with van der Waals surface area (Å²) in [6.45, 7) is 3.61. The van der Waals surface area contributed by atoms with Crippen LogP contribution in [-0.4, -0.2) is 20.5 Å². The fourth-order valence-electron chi connectivity index (χ4n) is 1.45. The van der Waals surface area contributed by atoms with Crippen molar-refractivity contribution < 1.29 is 4.79 Å². The molecule has 1 N–H and O–H groups in total. The minimum absolute atomic E-state index is 0.162. The molecule has 0 aliphatic heterocycles. The molecule has 2 rings (SSSR count). The Balaban J connectivity index is 2.02. The fourth-order valence-corrected chi connectivity index (χ4v) is 3.25. The van der Waals surface area contributed by atoms with Crippen LogP contribution >= 0.6 is 23.3 Å². The predicted octanol–water partition coefficient (Wildman–Crippen LogP) is 2.84. The zero-order valence-electron chi connectivity index (χ0n) is 11.0. The molecule has 1 amide bonds. The van der Waals surface area contributed by atoms with Crippen LogP contribution < -0.4 is 5.32 Å². The Morgan fingerprint density at radius 1 is 1.50 bits per heavy atom. The van der Waals surface area contributed by atoms with Crippen molar-refractivity contribution in [1.82, 2.24) is 9.36 Å². The first-order valence-corrected chi connectivity index (χ1v) is 7.52. The molecular formula is C13H12N4OS2. The number of aryl methyl sites for hydroxylation is 1. The predicted molar refractivity (Wildman–Crippen MR) is 79.8 cm³/mol. The van der Waals surface area contributed by atoms with Gasteiger partial charge in [0.2, 0.25) is 5.91 Å². The van der Waals surface area contributed by atoms with Gasteiger partial charge in [-0.3, -0.25) is 4.79 Å². The molecule has 0 radical (unpaired) electrons. The Morgan fingerprint density at radius 2 is 2.25 bits per heavy atom. The van der Waals surface area contributed by atoms with Gasteiger partial charge < -0.3 is 5.32 Å². The summed E-state index contributed by atoms with van der Waals surface area (Å²) in [6, 6.07) is 8.97. The van der Waals surface area contributed by atoms with Crippen LogP contribution in [-0.2, 0) is 4.79 Å². The van der Waals surface area contributed by atoms with Crippen LogP contribution in [0.25, 0.3) is 0 Å². The number of para-hydroxylation sites is 1. The molecule has 1 atom stereocenters. The Hall–Kier alpha value is -1.91. The van der Waals surface area contributed by atoms with E-state index >= 15 is 0 Å². The highest BCUT2D eigenvalue weighted by atomic mass is 32.2. The number of nitrogens with one attached hydrogen (secondary N) is 1. The van der Waals surface area contributed by atoms with Gasteiger partial charge in [0.05, 0.1) is 16.5 Å². The van der Waals surface area contributed by atoms with E-state index in [2.05, 4.69) is 20.7 Å². The second-order valence-corrected chi connectivity index (χ2v) is 6.35. The molecule has 5 nitrogen and oxygen atoms in total. The number of nitriles is 1. The number of anilines is 1. The molecule has 20 heavy (non-hydrogen) atoms. The number of rotatable bonds is 4. The summed E-state index contributed by atoms with van der Waals surface area (Å²) in [7, 11) is 0. The van der Waals surface area contributed by atoms with Crippen molar-refractivity contribution in [2.24, 2.45) is 0 Å². The maximum atomic E-state index is 12.1. The van der Waals surface area contributed by atoms with E-state index in [0.29, 0.717) is 17.1 Å². The topological polar surface area (TPSA) is 78.7 Å². The van der Waals surface area contributed by atoms with Crippen LogP contribution in [0.2, 0.25) is 0 Å². The third-order valence-electron chi connectivity index (χ3n) is 2.46. The monoisotopic (exact) mass is 304 g/mol. The van der Waals surface area contributed by atoms with Crippen LogP contribution in [0, 0.1) is 18.3 Å². The minimum atomic E-state index is -0.311. The molecule has 2 aromatic rings. The van der Waals surface area contributed by atoms with Crippen LogP contribution in [0.15, 0.2) is 28.6 Å². The average molecular weight is 304 g/mol. The van der Waals surface area contributed by atoms with E-state index in [0.717, 1.165) is 4.34 Å². The summed E-state index contributed by atoms with van der Waals surface area (Å²) in [5.41, 5.74) is 0.978. The lowest BCUT2D eigenvalue weighted by molar-refractivity contribution is -0.115. The molecule has 0 saturated carbocycles. The van der Waals surface area contributed by atoms with E-state index in [9.17, 15) is 4.79 Å². The maximum Gasteiger partial charge on any atom is 0.237 e. The van der Waals surface area contributed by atoms with E-state index in [1.165, 1.54) is 23.3 Å². The van der Waals surface area contributed by atoms with Crippen molar-refractivity contribution in [1.29, 1.82) is 5.26 Å². The average Bonchev–Trinajstić information content (AvgIpc) is 2.84. The van der Waals surface area contributed by atoms with Crippen molar-refractivity contribution in [2.75, 3.05) is 5.32 Å². The molecule has 1 aromatic heterocycles. The summed E-state index contributed by atoms with van der Waals surface area (Å²) < 4.78 is 4.84. The second kappa shape index (κ2) is 6.50. The Morgan fingerprint density at radius 3 is 2.90 bits per heavy atom. The number of nitrogens with zero attached hydrogens (tertiary/aromatic N) is 3. The third kappa shape index (κ3) is 3.56. The smallest absolute Gasteiger partial charge is 0.237 e. The summed E-state index contributed by atoms with van der Waals surface area (Å²) in [5.74, 6) is 0.547. The molecule has 7 heteroatoms. The van der Waals surface area contributed by atoms with Crippen LogP contribution in [0.5, 0.6) is 0 Å². The van der Waals surface area contributed by atoms with Crippen molar-refractivity contribution in [2.45, 2.75) is 23.4 Å². The van der Waals surface area contributed by atoms with Crippen molar-refractivity contribution in [3.8, 4) is 6.07 Å². The molecule has 0 aliphatic carbocycles. The maximum absolute atomic E-state index is 12.1. The highest BCUT2D eigenvalue weighted by Gasteiger charge is 2.17. The number of aromatic nitrogens is 2. The van der Waals surface area contributed by atoms with Gasteiger partial charge in [0, 0.05) is 0 Å². The SMILES string of the molecule is Cc1nsc(SC(C)C(=O)Nc2ccccc2C#N)n1. The van der Waals surface area contributed by atoms with Gasteiger partial charge in [-0.25, -0.2) is 4.98 Å². The number of thioether (sulfide) groups is 1. The van der Waals surface area contributed by atoms with Gasteiger partial charge in [-0.15, -0.1) is 0 Å². The lowest BCUT2D eigenvalue weighted by atomic mass is 10.2. The number of carbonyl (C=O) groups is 1. The van der Waals surface area contributed by atoms with Gasteiger partial charge in [-0.2, -0.15) is 9.64 Å². The first-order valence-electron chi connectivity index (χ1n) is 5.87. The van der Waals surface area contributed by atoms with E-state index in [4.69, 9.17) is 5.26 Å². The molecular weight excluding hydrogens is 292 g/mol. The van der Waals surface area contributed by atoms with Crippen molar-refractivity contribution >= 4 is 34.9 Å². The second-order valence-electron chi connectivity index (χ2n) is 4.01. The van der Waals surface area contributed by atoms with Crippen LogP contribution in [0.4, 0.5) is 5.69 Å². The first kappa shape index (κ1) is 14.5. The van der Waals surface area contributed by atoms with Gasteiger partial charge in [-0.05, 0) is 37.5 Å². The molecule has 0 bridgehead atoms. The highest BCUT2D eigenvalue weighted by Crippen LogP contribution is 2.26. The Bertz CT molecular complexity index is 662. The van der Waals surface area contributed by atoms with Crippen LogP contribution in [0.1, 0.15) is 18.3 Å². The van der Waals surface area contributed by atoms with Gasteiger partial charge in [-0.1, -0.05) is 23.9 Å². The zero-order chi connectivity index (χ0) is 14.5. The van der Waals surface area contributed by atoms with Gasteiger partial charge in [0.25, 0.3) is 0 Å². The Labute approximate surface area is 125 Å². The van der Waals surface area contributed by atoms with Crippen molar-refractivity contribution in [3.05, 3.63) is 35.7 Å². The minimum Gasteiger partial charge on any atom is -0.324 e. The number of hydrogen-bond donors (Lipinski definition) is 1. The molecule has 102 valence electrons. The van der Waals surface area contributed by atoms with E-state index in [1.54, 1.807) is 31.2 Å². The van der Waals surface area contributed by atoms with Crippen molar-refractivity contribution in [3.63, 3.8) is 0 Å². The number of benzene rings is 1.